The molecule has 0 radical (unpaired) electrons. The van der Waals surface area contributed by atoms with Gasteiger partial charge in [-0.2, -0.15) is 0 Å². The molecule has 402 valence electrons. The molecule has 0 spiro atoms. The molecule has 0 heterocycles. The summed E-state index contributed by atoms with van der Waals surface area (Å²) in [5.74, 6) is -0.673. The van der Waals surface area contributed by atoms with E-state index in [-0.39, 0.29) is 25.4 Å². The van der Waals surface area contributed by atoms with Gasteiger partial charge in [0.15, 0.2) is 0 Å². The first kappa shape index (κ1) is 67.1. The number of allylic oxidation sites excluding steroid dienone is 21. The monoisotopic (exact) mass is 1000 g/mol. The lowest BCUT2D eigenvalue weighted by molar-refractivity contribution is -0.870. The first-order chi connectivity index (χ1) is 34.4. The average molecular weight is 1010 g/mol. The molecule has 3 unspecified atom stereocenters. The van der Waals surface area contributed by atoms with Gasteiger partial charge in [-0.25, -0.2) is 0 Å². The number of hydrogen-bond acceptors (Lipinski definition) is 7. The number of quaternary nitrogens is 1. The van der Waals surface area contributed by atoms with Gasteiger partial charge in [-0.15, -0.1) is 0 Å². The minimum atomic E-state index is -4.73. The molecule has 0 saturated carbocycles. The van der Waals surface area contributed by atoms with E-state index in [1.54, 1.807) is 6.08 Å². The first-order valence-electron chi connectivity index (χ1n) is 27.6. The maximum absolute atomic E-state index is 13.4. The Morgan fingerprint density at radius 3 is 1.54 bits per heavy atom. The van der Waals surface area contributed by atoms with Crippen molar-refractivity contribution >= 4 is 19.7 Å². The van der Waals surface area contributed by atoms with Crippen molar-refractivity contribution < 1.29 is 37.3 Å². The van der Waals surface area contributed by atoms with E-state index < -0.39 is 32.5 Å². The Bertz CT molecular complexity index is 1680. The zero-order valence-corrected chi connectivity index (χ0v) is 46.5. The largest absolute Gasteiger partial charge is 0.756 e. The fourth-order valence-electron chi connectivity index (χ4n) is 6.95. The van der Waals surface area contributed by atoms with E-state index in [9.17, 15) is 19.0 Å². The Balaban J connectivity index is 5.56. The van der Waals surface area contributed by atoms with E-state index in [2.05, 4.69) is 86.8 Å². The number of likely N-dealkylation sites (N-methyl/N-ethyl adjacent to an activating group) is 1. The molecule has 0 aromatic rings. The summed E-state index contributed by atoms with van der Waals surface area (Å²) in [6, 6.07) is -0.944. The van der Waals surface area contributed by atoms with Crippen molar-refractivity contribution in [1.29, 1.82) is 0 Å². The van der Waals surface area contributed by atoms with Crippen molar-refractivity contribution in [3.63, 3.8) is 0 Å². The van der Waals surface area contributed by atoms with Gasteiger partial charge >= 0.3 is 5.97 Å². The Kier molecular flexibility index (Phi) is 47.0. The van der Waals surface area contributed by atoms with Crippen LogP contribution in [0.4, 0.5) is 0 Å². The highest BCUT2D eigenvalue weighted by Gasteiger charge is 2.27. The number of unbranched alkanes of at least 4 members (excludes halogenated alkanes) is 16. The SMILES string of the molecule is CC\C=C/C=C/C=C/C=C\C=C\C=C\CCCCCC(=O)OC(/C=C/CCCCCCCCCCC)C(COP(=O)([O-])OCC[N+](C)(C)C)NC(=O)CCC/C=C\C/C=C\C/C=C\C/C=C\CCCCC. The van der Waals surface area contributed by atoms with E-state index in [0.717, 1.165) is 77.0 Å². The van der Waals surface area contributed by atoms with Crippen LogP contribution in [0.2, 0.25) is 0 Å². The van der Waals surface area contributed by atoms with Crippen molar-refractivity contribution in [3.8, 4) is 0 Å². The molecule has 1 N–H and O–H groups in total. The standard InChI is InChI=1S/C61H101N2O7P/c1-7-10-13-16-19-22-25-27-29-31-33-35-38-41-44-47-50-53-60(64)62-58(57-69-71(66,67)68-56-55-63(4,5)6)59(52-49-46-43-40-37-24-21-18-15-12-9-3)70-61(65)54-51-48-45-42-39-36-34-32-30-28-26-23-20-17-14-11-8-2/h11,14,17,19-20,22-23,26-30,32-36,39,41,44,49,52,58-59H,7-10,12-13,15-16,18,21,24-25,31,37-38,40,42-43,45-48,50-51,53-57H2,1-6H3,(H-,62,64,66,67)/b14-11-,20-17+,22-19-,26-23+,29-27-,30-28-,34-32+,35-33-,39-36+,44-41-,52-49+. The molecule has 1 amide bonds. The third-order valence-electron chi connectivity index (χ3n) is 11.2. The summed E-state index contributed by atoms with van der Waals surface area (Å²) in [5, 5.41) is 2.96. The lowest BCUT2D eigenvalue weighted by atomic mass is 10.1. The molecular formula is C61H101N2O7P. The minimum absolute atomic E-state index is 0.0481. The molecule has 0 aliphatic rings. The summed E-state index contributed by atoms with van der Waals surface area (Å²) in [6.07, 6.45) is 70.0. The number of carbonyl (C=O) groups excluding carboxylic acids is 2. The zero-order chi connectivity index (χ0) is 52.2. The van der Waals surface area contributed by atoms with Crippen LogP contribution in [0.25, 0.3) is 0 Å². The summed E-state index contributed by atoms with van der Waals surface area (Å²) < 4.78 is 30.1. The van der Waals surface area contributed by atoms with Crippen LogP contribution < -0.4 is 10.2 Å². The number of hydrogen-bond donors (Lipinski definition) is 1. The van der Waals surface area contributed by atoms with Gasteiger partial charge in [-0.1, -0.05) is 219 Å². The maximum Gasteiger partial charge on any atom is 0.306 e. The quantitative estimate of drug-likeness (QED) is 0.0161. The third-order valence-corrected chi connectivity index (χ3v) is 12.2. The molecule has 0 fully saturated rings. The topological polar surface area (TPSA) is 114 Å². The van der Waals surface area contributed by atoms with Crippen LogP contribution in [-0.4, -0.2) is 69.4 Å². The lowest BCUT2D eigenvalue weighted by Gasteiger charge is -2.30. The molecule has 0 aliphatic heterocycles. The summed E-state index contributed by atoms with van der Waals surface area (Å²) >= 11 is 0. The second-order valence-corrected chi connectivity index (χ2v) is 20.6. The van der Waals surface area contributed by atoms with Crippen molar-refractivity contribution in [1.82, 2.24) is 5.32 Å². The fourth-order valence-corrected chi connectivity index (χ4v) is 7.68. The highest BCUT2D eigenvalue weighted by molar-refractivity contribution is 7.45. The molecule has 71 heavy (non-hydrogen) atoms. The summed E-state index contributed by atoms with van der Waals surface area (Å²) in [7, 11) is 1.10. The van der Waals surface area contributed by atoms with Gasteiger partial charge in [0, 0.05) is 12.8 Å². The van der Waals surface area contributed by atoms with E-state index in [4.69, 9.17) is 13.8 Å². The number of carbonyl (C=O) groups is 2. The summed E-state index contributed by atoms with van der Waals surface area (Å²) in [5.41, 5.74) is 0. The number of nitrogens with one attached hydrogen (secondary N) is 1. The number of esters is 1. The molecule has 0 aliphatic carbocycles. The number of rotatable bonds is 47. The average Bonchev–Trinajstić information content (AvgIpc) is 3.33. The van der Waals surface area contributed by atoms with Gasteiger partial charge in [0.25, 0.3) is 7.82 Å². The predicted octanol–water partition coefficient (Wildman–Crippen LogP) is 15.9. The second kappa shape index (κ2) is 49.7. The summed E-state index contributed by atoms with van der Waals surface area (Å²) in [6.45, 7) is 6.54. The normalized spacial score (nSPS) is 14.9. The highest BCUT2D eigenvalue weighted by Crippen LogP contribution is 2.38. The number of amides is 1. The van der Waals surface area contributed by atoms with Crippen LogP contribution in [0.5, 0.6) is 0 Å². The van der Waals surface area contributed by atoms with Gasteiger partial charge < -0.3 is 28.5 Å². The molecular weight excluding hydrogens is 904 g/mol. The van der Waals surface area contributed by atoms with Gasteiger partial charge in [0.05, 0.1) is 33.8 Å². The molecule has 0 saturated heterocycles. The van der Waals surface area contributed by atoms with Crippen LogP contribution in [0.15, 0.2) is 134 Å². The Morgan fingerprint density at radius 1 is 0.521 bits per heavy atom. The number of phosphoric ester groups is 1. The molecule has 9 nitrogen and oxygen atoms in total. The number of ether oxygens (including phenoxy) is 1. The van der Waals surface area contributed by atoms with E-state index >= 15 is 0 Å². The van der Waals surface area contributed by atoms with Gasteiger partial charge in [-0.05, 0) is 89.5 Å². The third kappa shape index (κ3) is 50.9. The highest BCUT2D eigenvalue weighted by atomic mass is 31.2. The molecule has 0 aromatic carbocycles. The van der Waals surface area contributed by atoms with Crippen LogP contribution in [0.1, 0.15) is 188 Å². The molecule has 0 aromatic heterocycles. The Hall–Kier alpha value is -3.85. The van der Waals surface area contributed by atoms with Crippen LogP contribution in [0, 0.1) is 0 Å². The number of phosphoric acid groups is 1. The van der Waals surface area contributed by atoms with Crippen LogP contribution >= 0.6 is 7.82 Å². The molecule has 0 bridgehead atoms. The molecule has 10 heteroatoms. The molecule has 0 rings (SSSR count). The van der Waals surface area contributed by atoms with Crippen molar-refractivity contribution in [2.75, 3.05) is 40.9 Å². The predicted molar refractivity (Wildman–Crippen MR) is 302 cm³/mol. The minimum Gasteiger partial charge on any atom is -0.756 e. The second-order valence-electron chi connectivity index (χ2n) is 19.1. The van der Waals surface area contributed by atoms with Crippen molar-refractivity contribution in [2.45, 2.75) is 200 Å². The Morgan fingerprint density at radius 2 is 0.972 bits per heavy atom. The smallest absolute Gasteiger partial charge is 0.306 e. The van der Waals surface area contributed by atoms with Crippen LogP contribution in [-0.2, 0) is 27.9 Å². The van der Waals surface area contributed by atoms with Gasteiger partial charge in [0.2, 0.25) is 5.91 Å². The maximum atomic E-state index is 13.4. The summed E-state index contributed by atoms with van der Waals surface area (Å²) in [4.78, 5) is 39.8. The van der Waals surface area contributed by atoms with Gasteiger partial charge in [-0.3, -0.25) is 14.2 Å². The Labute approximate surface area is 435 Å². The van der Waals surface area contributed by atoms with Crippen LogP contribution in [0.3, 0.4) is 0 Å². The van der Waals surface area contributed by atoms with E-state index in [1.165, 1.54) is 64.2 Å². The van der Waals surface area contributed by atoms with E-state index in [0.29, 0.717) is 23.9 Å². The molecule has 3 atom stereocenters. The van der Waals surface area contributed by atoms with E-state index in [1.807, 2.05) is 88.0 Å². The van der Waals surface area contributed by atoms with Gasteiger partial charge in [0.1, 0.15) is 19.3 Å². The fraction of sp³-hybridized carbons (Fsp3) is 0.607. The lowest BCUT2D eigenvalue weighted by Crippen LogP contribution is -2.47. The zero-order valence-electron chi connectivity index (χ0n) is 45.6. The van der Waals surface area contributed by atoms with Crippen molar-refractivity contribution in [2.24, 2.45) is 0 Å². The first-order valence-corrected chi connectivity index (χ1v) is 29.0. The van der Waals surface area contributed by atoms with Crippen molar-refractivity contribution in [3.05, 3.63) is 134 Å². The number of nitrogens with zero attached hydrogens (tertiary/aromatic N) is 1.